The Morgan fingerprint density at radius 3 is 2.28 bits per heavy atom. The van der Waals surface area contributed by atoms with Gasteiger partial charge in [0.1, 0.15) is 29.0 Å². The van der Waals surface area contributed by atoms with Gasteiger partial charge >= 0.3 is 0 Å². The molecule has 0 radical (unpaired) electrons. The Kier molecular flexibility index (Phi) is 7.35. The molecule has 0 saturated carbocycles. The van der Waals surface area contributed by atoms with Gasteiger partial charge in [-0.3, -0.25) is 9.59 Å². The molecule has 1 fully saturated rings. The number of ether oxygens (including phenoxy) is 1. The first kappa shape index (κ1) is 25.7. The number of hydrogen-bond donors (Lipinski definition) is 3. The molecule has 10 heteroatoms. The summed E-state index contributed by atoms with van der Waals surface area (Å²) in [6, 6.07) is 20.2. The molecule has 0 aliphatic carbocycles. The first-order chi connectivity index (χ1) is 18.9. The van der Waals surface area contributed by atoms with Crippen LogP contribution in [-0.2, 0) is 9.59 Å². The van der Waals surface area contributed by atoms with Crippen LogP contribution >= 0.6 is 0 Å². The largest absolute Gasteiger partial charge is 0.497 e. The zero-order chi connectivity index (χ0) is 27.4. The highest BCUT2D eigenvalue weighted by Gasteiger charge is 2.35. The van der Waals surface area contributed by atoms with Gasteiger partial charge in [-0.25, -0.2) is 15.0 Å². The Morgan fingerprint density at radius 1 is 0.897 bits per heavy atom. The van der Waals surface area contributed by atoms with Gasteiger partial charge in [0.25, 0.3) is 0 Å². The lowest BCUT2D eigenvalue weighted by molar-refractivity contribution is -0.122. The number of carbonyl (C=O) groups is 2. The molecular weight excluding hydrogens is 494 g/mol. The number of pyridine rings is 1. The highest BCUT2D eigenvalue weighted by Crippen LogP contribution is 2.28. The quantitative estimate of drug-likeness (QED) is 0.296. The van der Waals surface area contributed by atoms with Crippen LogP contribution in [0.1, 0.15) is 17.8 Å². The number of methoxy groups -OCH3 is 1. The maximum absolute atomic E-state index is 12.9. The van der Waals surface area contributed by atoms with Crippen molar-refractivity contribution in [3.05, 3.63) is 84.3 Å². The van der Waals surface area contributed by atoms with E-state index in [0.29, 0.717) is 41.3 Å². The number of aromatic nitrogens is 3. The SMILES string of the molecule is COc1ccc(N2CC(C(=O)Nc3ccc(Nc4cc(Nc5cc(C)ccn5)nc(C)n4)cc3)CC2=O)cc1. The Morgan fingerprint density at radius 2 is 1.59 bits per heavy atom. The molecule has 1 atom stereocenters. The number of carbonyl (C=O) groups excluding carboxylic acids is 2. The summed E-state index contributed by atoms with van der Waals surface area (Å²) in [7, 11) is 1.59. The van der Waals surface area contributed by atoms with Crippen molar-refractivity contribution in [2.24, 2.45) is 5.92 Å². The van der Waals surface area contributed by atoms with Gasteiger partial charge in [0.2, 0.25) is 11.8 Å². The zero-order valence-electron chi connectivity index (χ0n) is 21.9. The van der Waals surface area contributed by atoms with Crippen molar-refractivity contribution in [1.82, 2.24) is 15.0 Å². The van der Waals surface area contributed by atoms with Crippen LogP contribution in [0.15, 0.2) is 72.9 Å². The molecule has 2 aromatic heterocycles. The van der Waals surface area contributed by atoms with Crippen molar-refractivity contribution in [1.29, 1.82) is 0 Å². The lowest BCUT2D eigenvalue weighted by atomic mass is 10.1. The summed E-state index contributed by atoms with van der Waals surface area (Å²) >= 11 is 0. The molecule has 2 amide bonds. The summed E-state index contributed by atoms with van der Waals surface area (Å²) in [6.45, 7) is 4.15. The van der Waals surface area contributed by atoms with Crippen LogP contribution in [0.2, 0.25) is 0 Å². The van der Waals surface area contributed by atoms with Gasteiger partial charge < -0.3 is 25.6 Å². The highest BCUT2D eigenvalue weighted by atomic mass is 16.5. The minimum atomic E-state index is -0.435. The van der Waals surface area contributed by atoms with Crippen molar-refractivity contribution in [2.45, 2.75) is 20.3 Å². The first-order valence-electron chi connectivity index (χ1n) is 12.5. The predicted octanol–water partition coefficient (Wildman–Crippen LogP) is 4.98. The van der Waals surface area contributed by atoms with Gasteiger partial charge in [0.15, 0.2) is 0 Å². The third-order valence-corrected chi connectivity index (χ3v) is 6.31. The summed E-state index contributed by atoms with van der Waals surface area (Å²) in [6.07, 6.45) is 1.91. The first-order valence-corrected chi connectivity index (χ1v) is 12.5. The fourth-order valence-corrected chi connectivity index (χ4v) is 4.36. The highest BCUT2D eigenvalue weighted by molar-refractivity contribution is 6.03. The number of benzene rings is 2. The summed E-state index contributed by atoms with van der Waals surface area (Å²) < 4.78 is 5.18. The number of rotatable bonds is 8. The van der Waals surface area contributed by atoms with Crippen LogP contribution in [0.3, 0.4) is 0 Å². The van der Waals surface area contributed by atoms with Gasteiger partial charge in [-0.2, -0.15) is 0 Å². The number of nitrogens with one attached hydrogen (secondary N) is 3. The lowest BCUT2D eigenvalue weighted by Gasteiger charge is -2.17. The zero-order valence-corrected chi connectivity index (χ0v) is 21.9. The summed E-state index contributed by atoms with van der Waals surface area (Å²) in [4.78, 5) is 40.3. The smallest absolute Gasteiger partial charge is 0.229 e. The molecule has 198 valence electrons. The molecule has 10 nitrogen and oxygen atoms in total. The molecule has 3 heterocycles. The van der Waals surface area contributed by atoms with E-state index < -0.39 is 5.92 Å². The van der Waals surface area contributed by atoms with Crippen molar-refractivity contribution < 1.29 is 14.3 Å². The van der Waals surface area contributed by atoms with E-state index in [1.807, 2.05) is 62.4 Å². The minimum Gasteiger partial charge on any atom is -0.497 e. The second-order valence-electron chi connectivity index (χ2n) is 9.32. The van der Waals surface area contributed by atoms with Gasteiger partial charge in [-0.15, -0.1) is 0 Å². The Hall–Kier alpha value is -4.99. The average molecular weight is 524 g/mol. The van der Waals surface area contributed by atoms with Crippen molar-refractivity contribution in [3.63, 3.8) is 0 Å². The van der Waals surface area contributed by atoms with Crippen LogP contribution in [0.4, 0.5) is 34.5 Å². The number of aryl methyl sites for hydroxylation is 2. The molecule has 4 aromatic rings. The maximum atomic E-state index is 12.9. The number of anilines is 6. The third kappa shape index (κ3) is 6.30. The van der Waals surface area contributed by atoms with E-state index in [-0.39, 0.29) is 18.2 Å². The number of nitrogens with zero attached hydrogens (tertiary/aromatic N) is 4. The molecule has 1 unspecified atom stereocenters. The predicted molar refractivity (Wildman–Crippen MR) is 151 cm³/mol. The molecule has 0 bridgehead atoms. The minimum absolute atomic E-state index is 0.0768. The average Bonchev–Trinajstić information content (AvgIpc) is 3.31. The van der Waals surface area contributed by atoms with Crippen LogP contribution in [-0.4, -0.2) is 40.4 Å². The van der Waals surface area contributed by atoms with E-state index in [0.717, 1.165) is 16.9 Å². The normalized spacial score (nSPS) is 14.7. The van der Waals surface area contributed by atoms with E-state index in [1.54, 1.807) is 36.4 Å². The Labute approximate surface area is 226 Å². The van der Waals surface area contributed by atoms with Crippen LogP contribution in [0.25, 0.3) is 0 Å². The lowest BCUT2D eigenvalue weighted by Crippen LogP contribution is -2.28. The standard InChI is InChI=1S/C29H29N7O3/c1-18-12-13-30-25(14-18)35-27-16-26(31-19(2)32-27)33-21-4-6-22(7-5-21)34-29(38)20-15-28(37)36(17-20)23-8-10-24(39-3)11-9-23/h4-14,16,20H,15,17H2,1-3H3,(H,34,38)(H2,30,31,32,33,35). The van der Waals surface area contributed by atoms with Gasteiger partial charge in [0, 0.05) is 42.3 Å². The van der Waals surface area contributed by atoms with E-state index in [1.165, 1.54) is 0 Å². The Balaban J connectivity index is 1.19. The van der Waals surface area contributed by atoms with Crippen LogP contribution in [0, 0.1) is 19.8 Å². The maximum Gasteiger partial charge on any atom is 0.229 e. The molecule has 5 rings (SSSR count). The van der Waals surface area contributed by atoms with E-state index in [9.17, 15) is 9.59 Å². The topological polar surface area (TPSA) is 121 Å². The second kappa shape index (κ2) is 11.2. The molecule has 1 aliphatic heterocycles. The molecule has 2 aromatic carbocycles. The molecule has 3 N–H and O–H groups in total. The van der Waals surface area contributed by atoms with E-state index in [4.69, 9.17) is 4.74 Å². The van der Waals surface area contributed by atoms with E-state index in [2.05, 4.69) is 30.9 Å². The summed E-state index contributed by atoms with van der Waals surface area (Å²) in [5, 5.41) is 9.41. The molecular formula is C29H29N7O3. The Bertz CT molecular complexity index is 1490. The summed E-state index contributed by atoms with van der Waals surface area (Å²) in [5.74, 6) is 2.57. The van der Waals surface area contributed by atoms with Gasteiger partial charge in [0.05, 0.1) is 13.0 Å². The van der Waals surface area contributed by atoms with Crippen molar-refractivity contribution in [2.75, 3.05) is 34.5 Å². The second-order valence-corrected chi connectivity index (χ2v) is 9.32. The summed E-state index contributed by atoms with van der Waals surface area (Å²) in [5.41, 5.74) is 3.29. The van der Waals surface area contributed by atoms with Crippen LogP contribution in [0.5, 0.6) is 5.75 Å². The molecule has 39 heavy (non-hydrogen) atoms. The van der Waals surface area contributed by atoms with Gasteiger partial charge in [-0.1, -0.05) is 0 Å². The third-order valence-electron chi connectivity index (χ3n) is 6.31. The van der Waals surface area contributed by atoms with Gasteiger partial charge in [-0.05, 0) is 80.1 Å². The van der Waals surface area contributed by atoms with Crippen molar-refractivity contribution >= 4 is 46.3 Å². The number of hydrogen-bond acceptors (Lipinski definition) is 8. The molecule has 0 spiro atoms. The monoisotopic (exact) mass is 523 g/mol. The van der Waals surface area contributed by atoms with E-state index >= 15 is 0 Å². The van der Waals surface area contributed by atoms with Crippen LogP contribution < -0.4 is 25.6 Å². The molecule has 1 saturated heterocycles. The van der Waals surface area contributed by atoms with Crippen molar-refractivity contribution in [3.8, 4) is 5.75 Å². The fourth-order valence-electron chi connectivity index (χ4n) is 4.36. The fraction of sp³-hybridized carbons (Fsp3) is 0.207. The number of amides is 2. The molecule has 1 aliphatic rings.